The molecular weight excluding hydrogens is 330 g/mol. The van der Waals surface area contributed by atoms with Gasteiger partial charge in [0, 0.05) is 26.2 Å². The number of nitrogens with zero attached hydrogens (tertiary/aromatic N) is 3. The first kappa shape index (κ1) is 20.2. The molecule has 1 saturated carbocycles. The van der Waals surface area contributed by atoms with Crippen LogP contribution in [-0.2, 0) is 0 Å². The van der Waals surface area contributed by atoms with Gasteiger partial charge >= 0.3 is 0 Å². The minimum absolute atomic E-state index is 0.703. The maximum absolute atomic E-state index is 2.83. The summed E-state index contributed by atoms with van der Waals surface area (Å²) in [7, 11) is 0. The third-order valence-electron chi connectivity index (χ3n) is 8.16. The molecule has 0 amide bonds. The quantitative estimate of drug-likeness (QED) is 0.625. The van der Waals surface area contributed by atoms with E-state index in [1.54, 1.807) is 0 Å². The lowest BCUT2D eigenvalue weighted by atomic mass is 9.71. The fourth-order valence-electron chi connectivity index (χ4n) is 6.55. The molecule has 1 aliphatic carbocycles. The van der Waals surface area contributed by atoms with Gasteiger partial charge in [-0.2, -0.15) is 0 Å². The average Bonchev–Trinajstić information content (AvgIpc) is 3.35. The maximum Gasteiger partial charge on any atom is 0.00516 e. The maximum atomic E-state index is 2.83. The zero-order valence-corrected chi connectivity index (χ0v) is 18.5. The minimum atomic E-state index is 0.703. The molecule has 0 aromatic rings. The highest BCUT2D eigenvalue weighted by atomic mass is 15.2. The number of rotatable bonds is 8. The molecule has 3 heteroatoms. The topological polar surface area (TPSA) is 9.72 Å². The van der Waals surface area contributed by atoms with E-state index in [4.69, 9.17) is 0 Å². The summed E-state index contributed by atoms with van der Waals surface area (Å²) in [6.45, 7) is 19.5. The van der Waals surface area contributed by atoms with Gasteiger partial charge in [-0.1, -0.05) is 20.8 Å². The van der Waals surface area contributed by atoms with E-state index in [9.17, 15) is 0 Å². The Hall–Kier alpha value is -0.120. The van der Waals surface area contributed by atoms with E-state index in [2.05, 4.69) is 35.5 Å². The first-order valence-corrected chi connectivity index (χ1v) is 12.2. The molecule has 4 aliphatic rings. The molecule has 3 saturated heterocycles. The van der Waals surface area contributed by atoms with Gasteiger partial charge in [-0.15, -0.1) is 0 Å². The Balaban J connectivity index is 1.13. The zero-order chi connectivity index (χ0) is 18.9. The van der Waals surface area contributed by atoms with Gasteiger partial charge in [0.25, 0.3) is 0 Å². The van der Waals surface area contributed by atoms with Crippen molar-refractivity contribution >= 4 is 0 Å². The molecule has 4 rings (SSSR count). The van der Waals surface area contributed by atoms with Crippen molar-refractivity contribution in [3.63, 3.8) is 0 Å². The van der Waals surface area contributed by atoms with Crippen LogP contribution in [0.4, 0.5) is 0 Å². The molecule has 0 unspecified atom stereocenters. The lowest BCUT2D eigenvalue weighted by Crippen LogP contribution is -2.61. The van der Waals surface area contributed by atoms with Crippen LogP contribution in [0, 0.1) is 22.7 Å². The van der Waals surface area contributed by atoms with Crippen LogP contribution in [0.1, 0.15) is 72.1 Å². The summed E-state index contributed by atoms with van der Waals surface area (Å²) in [6, 6.07) is 0. The molecule has 0 atom stereocenters. The van der Waals surface area contributed by atoms with Crippen LogP contribution in [0.3, 0.4) is 0 Å². The highest BCUT2D eigenvalue weighted by molar-refractivity contribution is 5.01. The van der Waals surface area contributed by atoms with Crippen LogP contribution in [0.15, 0.2) is 0 Å². The summed E-state index contributed by atoms with van der Waals surface area (Å²) < 4.78 is 0. The highest BCUT2D eigenvalue weighted by Gasteiger charge is 2.48. The normalized spacial score (nSPS) is 29.3. The summed E-state index contributed by atoms with van der Waals surface area (Å²) in [5, 5.41) is 0. The molecule has 3 aliphatic heterocycles. The molecular formula is C24H45N3. The molecule has 3 heterocycles. The second kappa shape index (κ2) is 8.32. The van der Waals surface area contributed by atoms with Crippen molar-refractivity contribution in [3.05, 3.63) is 0 Å². The fraction of sp³-hybridized carbons (Fsp3) is 1.00. The van der Waals surface area contributed by atoms with E-state index in [1.807, 2.05) is 0 Å². The monoisotopic (exact) mass is 375 g/mol. The minimum Gasteiger partial charge on any atom is -0.303 e. The van der Waals surface area contributed by atoms with Crippen LogP contribution < -0.4 is 0 Å². The van der Waals surface area contributed by atoms with Crippen LogP contribution >= 0.6 is 0 Å². The summed E-state index contributed by atoms with van der Waals surface area (Å²) in [4.78, 5) is 8.30. The fourth-order valence-corrected chi connectivity index (χ4v) is 6.55. The Morgan fingerprint density at radius 1 is 0.852 bits per heavy atom. The number of hydrogen-bond acceptors (Lipinski definition) is 3. The summed E-state index contributed by atoms with van der Waals surface area (Å²) in [5.41, 5.74) is 1.42. The molecule has 0 aromatic heterocycles. The highest BCUT2D eigenvalue weighted by Crippen LogP contribution is 2.52. The molecule has 156 valence electrons. The van der Waals surface area contributed by atoms with Gasteiger partial charge in [-0.3, -0.25) is 0 Å². The molecule has 0 radical (unpaired) electrons. The summed E-state index contributed by atoms with van der Waals surface area (Å²) in [6.07, 6.45) is 11.6. The molecule has 1 spiro atoms. The van der Waals surface area contributed by atoms with Crippen molar-refractivity contribution < 1.29 is 0 Å². The lowest BCUT2D eigenvalue weighted by Gasteiger charge is -2.55. The smallest absolute Gasteiger partial charge is 0.00516 e. The van der Waals surface area contributed by atoms with Crippen LogP contribution in [0.25, 0.3) is 0 Å². The standard InChI is InChI=1S/C24H45N3/c1-4-11-25-12-5-22(6-13-25)17-27-19-24(20-27)9-14-26(15-10-24)18-23(7-8-23)16-21(2)3/h21-22H,4-20H2,1-3H3. The Kier molecular flexibility index (Phi) is 6.21. The third-order valence-corrected chi connectivity index (χ3v) is 8.16. The van der Waals surface area contributed by atoms with Gasteiger partial charge in [0.2, 0.25) is 0 Å². The summed E-state index contributed by atoms with van der Waals surface area (Å²) in [5.74, 6) is 1.85. The van der Waals surface area contributed by atoms with E-state index >= 15 is 0 Å². The number of piperidine rings is 2. The molecule has 0 bridgehead atoms. The van der Waals surface area contributed by atoms with E-state index in [0.717, 1.165) is 17.3 Å². The second-order valence-corrected chi connectivity index (χ2v) is 11.3. The van der Waals surface area contributed by atoms with Gasteiger partial charge in [0.1, 0.15) is 0 Å². The first-order chi connectivity index (χ1) is 13.0. The second-order valence-electron chi connectivity index (χ2n) is 11.3. The van der Waals surface area contributed by atoms with Gasteiger partial charge in [0.05, 0.1) is 0 Å². The van der Waals surface area contributed by atoms with Crippen molar-refractivity contribution in [3.8, 4) is 0 Å². The van der Waals surface area contributed by atoms with Crippen LogP contribution in [-0.4, -0.2) is 73.6 Å². The molecule has 0 aromatic carbocycles. The van der Waals surface area contributed by atoms with Crippen molar-refractivity contribution in [1.29, 1.82) is 0 Å². The SMILES string of the molecule is CCCN1CCC(CN2CC3(CCN(CC4(CC(C)C)CC4)CC3)C2)CC1. The van der Waals surface area contributed by atoms with Gasteiger partial charge in [-0.05, 0) is 107 Å². The molecule has 3 nitrogen and oxygen atoms in total. The van der Waals surface area contributed by atoms with E-state index in [1.165, 1.54) is 110 Å². The first-order valence-electron chi connectivity index (χ1n) is 12.2. The van der Waals surface area contributed by atoms with Gasteiger partial charge < -0.3 is 14.7 Å². The Labute approximate surface area is 168 Å². The predicted molar refractivity (Wildman–Crippen MR) is 115 cm³/mol. The Morgan fingerprint density at radius 2 is 1.52 bits per heavy atom. The largest absolute Gasteiger partial charge is 0.303 e. The van der Waals surface area contributed by atoms with Crippen molar-refractivity contribution in [2.75, 3.05) is 58.9 Å². The molecule has 27 heavy (non-hydrogen) atoms. The van der Waals surface area contributed by atoms with Gasteiger partial charge in [0.15, 0.2) is 0 Å². The van der Waals surface area contributed by atoms with E-state index < -0.39 is 0 Å². The molecule has 0 N–H and O–H groups in total. The number of hydrogen-bond donors (Lipinski definition) is 0. The van der Waals surface area contributed by atoms with Crippen LogP contribution in [0.5, 0.6) is 0 Å². The van der Waals surface area contributed by atoms with Crippen molar-refractivity contribution in [2.45, 2.75) is 72.1 Å². The molecule has 4 fully saturated rings. The Bertz CT molecular complexity index is 460. The lowest BCUT2D eigenvalue weighted by molar-refractivity contribution is -0.0594. The van der Waals surface area contributed by atoms with E-state index in [-0.39, 0.29) is 0 Å². The predicted octanol–water partition coefficient (Wildman–Crippen LogP) is 4.33. The third kappa shape index (κ3) is 5.08. The average molecular weight is 376 g/mol. The van der Waals surface area contributed by atoms with E-state index in [0.29, 0.717) is 5.41 Å². The van der Waals surface area contributed by atoms with Crippen molar-refractivity contribution in [2.24, 2.45) is 22.7 Å². The van der Waals surface area contributed by atoms with Crippen molar-refractivity contribution in [1.82, 2.24) is 14.7 Å². The van der Waals surface area contributed by atoms with Crippen LogP contribution in [0.2, 0.25) is 0 Å². The Morgan fingerprint density at radius 3 is 2.07 bits per heavy atom. The summed E-state index contributed by atoms with van der Waals surface area (Å²) >= 11 is 0. The number of likely N-dealkylation sites (tertiary alicyclic amines) is 3. The zero-order valence-electron chi connectivity index (χ0n) is 18.5. The van der Waals surface area contributed by atoms with Gasteiger partial charge in [-0.25, -0.2) is 0 Å².